The van der Waals surface area contributed by atoms with Gasteiger partial charge in [-0.25, -0.2) is 4.98 Å². The van der Waals surface area contributed by atoms with E-state index in [4.69, 9.17) is 5.73 Å². The molecule has 0 amide bonds. The molecule has 0 spiro atoms. The van der Waals surface area contributed by atoms with Crippen LogP contribution in [0, 0.1) is 0 Å². The second-order valence-electron chi connectivity index (χ2n) is 4.81. The Morgan fingerprint density at radius 3 is 2.79 bits per heavy atom. The number of likely N-dealkylation sites (N-methyl/N-ethyl adjacent to an activating group) is 1. The van der Waals surface area contributed by atoms with Crippen LogP contribution in [0.2, 0.25) is 0 Å². The number of hydrogen-bond acceptors (Lipinski definition) is 4. The predicted octanol–water partition coefficient (Wildman–Crippen LogP) is 2.71. The molecule has 2 heterocycles. The second-order valence-corrected chi connectivity index (χ2v) is 5.84. The van der Waals surface area contributed by atoms with Gasteiger partial charge in [0.1, 0.15) is 5.82 Å². The minimum atomic E-state index is 0.437. The minimum Gasteiger partial charge on any atom is -0.357 e. The molecule has 19 heavy (non-hydrogen) atoms. The summed E-state index contributed by atoms with van der Waals surface area (Å²) < 4.78 is 0. The highest BCUT2D eigenvalue weighted by atomic mass is 32.1. The van der Waals surface area contributed by atoms with Crippen molar-refractivity contribution in [2.45, 2.75) is 25.8 Å². The van der Waals surface area contributed by atoms with Crippen LogP contribution in [0.4, 0.5) is 5.82 Å². The maximum atomic E-state index is 5.55. The summed E-state index contributed by atoms with van der Waals surface area (Å²) in [4.78, 5) is 8.17. The Balaban J connectivity index is 1.99. The highest BCUT2D eigenvalue weighted by Gasteiger charge is 2.12. The molecule has 1 unspecified atom stereocenters. The summed E-state index contributed by atoms with van der Waals surface area (Å²) in [5.74, 6) is 1.02. The van der Waals surface area contributed by atoms with E-state index < -0.39 is 0 Å². The van der Waals surface area contributed by atoms with E-state index in [-0.39, 0.29) is 0 Å². The highest BCUT2D eigenvalue weighted by molar-refractivity contribution is 7.09. The highest BCUT2D eigenvalue weighted by Crippen LogP contribution is 2.18. The monoisotopic (exact) mass is 275 g/mol. The summed E-state index contributed by atoms with van der Waals surface area (Å²) in [7, 11) is 2.10. The number of hydrogen-bond donors (Lipinski definition) is 1. The maximum absolute atomic E-state index is 5.55. The Morgan fingerprint density at radius 1 is 1.37 bits per heavy atom. The molecule has 102 valence electrons. The SMILES string of the molecule is CC(Cc1cccs1)N(C)c1ccc(CCN)cn1. The zero-order valence-electron chi connectivity index (χ0n) is 11.5. The van der Waals surface area contributed by atoms with Crippen molar-refractivity contribution in [1.29, 1.82) is 0 Å². The average Bonchev–Trinajstić information content (AvgIpc) is 2.92. The number of pyridine rings is 1. The summed E-state index contributed by atoms with van der Waals surface area (Å²) in [6.07, 6.45) is 3.87. The van der Waals surface area contributed by atoms with Crippen LogP contribution >= 0.6 is 11.3 Å². The normalized spacial score (nSPS) is 12.4. The number of rotatable bonds is 6. The predicted molar refractivity (Wildman–Crippen MR) is 82.9 cm³/mol. The Labute approximate surface area is 119 Å². The van der Waals surface area contributed by atoms with Crippen LogP contribution in [-0.2, 0) is 12.8 Å². The standard InChI is InChI=1S/C15H21N3S/c1-12(10-14-4-3-9-19-14)18(2)15-6-5-13(7-8-16)11-17-15/h3-6,9,11-12H,7-8,10,16H2,1-2H3. The number of aromatic nitrogens is 1. The lowest BCUT2D eigenvalue weighted by molar-refractivity contribution is 0.680. The van der Waals surface area contributed by atoms with Gasteiger partial charge in [0.2, 0.25) is 0 Å². The lowest BCUT2D eigenvalue weighted by atomic mass is 10.1. The first-order valence-electron chi connectivity index (χ1n) is 6.61. The van der Waals surface area contributed by atoms with Gasteiger partial charge in [-0.05, 0) is 43.0 Å². The molecule has 2 aromatic rings. The fourth-order valence-corrected chi connectivity index (χ4v) is 2.85. The van der Waals surface area contributed by atoms with Crippen molar-refractivity contribution in [2.75, 3.05) is 18.5 Å². The van der Waals surface area contributed by atoms with Crippen molar-refractivity contribution >= 4 is 17.2 Å². The lowest BCUT2D eigenvalue weighted by Crippen LogP contribution is -2.31. The summed E-state index contributed by atoms with van der Waals surface area (Å²) in [5.41, 5.74) is 6.74. The molecule has 1 atom stereocenters. The summed E-state index contributed by atoms with van der Waals surface area (Å²) >= 11 is 1.81. The largest absolute Gasteiger partial charge is 0.357 e. The molecular weight excluding hydrogens is 254 g/mol. The van der Waals surface area contributed by atoms with E-state index in [1.165, 1.54) is 10.4 Å². The molecule has 0 bridgehead atoms. The molecular formula is C15H21N3S. The molecule has 3 nitrogen and oxygen atoms in total. The average molecular weight is 275 g/mol. The van der Waals surface area contributed by atoms with Crippen molar-refractivity contribution in [3.05, 3.63) is 46.3 Å². The summed E-state index contributed by atoms with van der Waals surface area (Å²) in [6, 6.07) is 8.92. The van der Waals surface area contributed by atoms with Gasteiger partial charge < -0.3 is 10.6 Å². The maximum Gasteiger partial charge on any atom is 0.128 e. The van der Waals surface area contributed by atoms with Gasteiger partial charge in [-0.15, -0.1) is 11.3 Å². The van der Waals surface area contributed by atoms with Gasteiger partial charge in [-0.1, -0.05) is 12.1 Å². The van der Waals surface area contributed by atoms with Crippen LogP contribution in [0.3, 0.4) is 0 Å². The number of nitrogens with zero attached hydrogens (tertiary/aromatic N) is 2. The third-order valence-electron chi connectivity index (χ3n) is 3.34. The van der Waals surface area contributed by atoms with Gasteiger partial charge in [0.25, 0.3) is 0 Å². The Bertz CT molecular complexity index is 479. The molecule has 0 aliphatic rings. The van der Waals surface area contributed by atoms with Crippen molar-refractivity contribution < 1.29 is 0 Å². The molecule has 0 aliphatic heterocycles. The van der Waals surface area contributed by atoms with Crippen LogP contribution < -0.4 is 10.6 Å². The molecule has 2 aromatic heterocycles. The third-order valence-corrected chi connectivity index (χ3v) is 4.24. The second kappa shape index (κ2) is 6.68. The van der Waals surface area contributed by atoms with E-state index in [0.717, 1.165) is 18.7 Å². The van der Waals surface area contributed by atoms with E-state index in [9.17, 15) is 0 Å². The van der Waals surface area contributed by atoms with Crippen LogP contribution in [-0.4, -0.2) is 24.6 Å². The molecule has 4 heteroatoms. The van der Waals surface area contributed by atoms with Crippen molar-refractivity contribution in [3.63, 3.8) is 0 Å². The molecule has 0 radical (unpaired) electrons. The Hall–Kier alpha value is -1.39. The van der Waals surface area contributed by atoms with Crippen LogP contribution in [0.15, 0.2) is 35.8 Å². The van der Waals surface area contributed by atoms with Gasteiger partial charge in [0, 0.05) is 30.6 Å². The van der Waals surface area contributed by atoms with Gasteiger partial charge in [-0.3, -0.25) is 0 Å². The fraction of sp³-hybridized carbons (Fsp3) is 0.400. The van der Waals surface area contributed by atoms with Crippen LogP contribution in [0.5, 0.6) is 0 Å². The van der Waals surface area contributed by atoms with Crippen LogP contribution in [0.25, 0.3) is 0 Å². The van der Waals surface area contributed by atoms with E-state index in [1.807, 2.05) is 17.5 Å². The molecule has 0 aromatic carbocycles. The molecule has 0 fully saturated rings. The number of thiophene rings is 1. The van der Waals surface area contributed by atoms with E-state index in [2.05, 4.69) is 53.5 Å². The van der Waals surface area contributed by atoms with Crippen molar-refractivity contribution in [1.82, 2.24) is 4.98 Å². The molecule has 2 N–H and O–H groups in total. The third kappa shape index (κ3) is 3.78. The first-order valence-corrected chi connectivity index (χ1v) is 7.49. The van der Waals surface area contributed by atoms with Gasteiger partial charge in [0.15, 0.2) is 0 Å². The van der Waals surface area contributed by atoms with Gasteiger partial charge in [-0.2, -0.15) is 0 Å². The molecule has 2 rings (SSSR count). The topological polar surface area (TPSA) is 42.1 Å². The van der Waals surface area contributed by atoms with E-state index in [1.54, 1.807) is 0 Å². The Kier molecular flexibility index (Phi) is 4.93. The first kappa shape index (κ1) is 14.0. The lowest BCUT2D eigenvalue weighted by Gasteiger charge is -2.25. The summed E-state index contributed by atoms with van der Waals surface area (Å²) in [5, 5.41) is 2.13. The minimum absolute atomic E-state index is 0.437. The van der Waals surface area contributed by atoms with Crippen molar-refractivity contribution in [3.8, 4) is 0 Å². The van der Waals surface area contributed by atoms with Crippen molar-refractivity contribution in [2.24, 2.45) is 5.73 Å². The first-order chi connectivity index (χ1) is 9.20. The van der Waals surface area contributed by atoms with Gasteiger partial charge in [0.05, 0.1) is 0 Å². The zero-order valence-corrected chi connectivity index (χ0v) is 12.4. The fourth-order valence-electron chi connectivity index (χ4n) is 2.02. The summed E-state index contributed by atoms with van der Waals surface area (Å²) in [6.45, 7) is 2.90. The van der Waals surface area contributed by atoms with E-state index >= 15 is 0 Å². The number of nitrogens with two attached hydrogens (primary N) is 1. The smallest absolute Gasteiger partial charge is 0.128 e. The van der Waals surface area contributed by atoms with E-state index in [0.29, 0.717) is 12.6 Å². The molecule has 0 aliphatic carbocycles. The molecule has 0 saturated heterocycles. The zero-order chi connectivity index (χ0) is 13.7. The Morgan fingerprint density at radius 2 is 2.21 bits per heavy atom. The number of anilines is 1. The van der Waals surface area contributed by atoms with Gasteiger partial charge >= 0.3 is 0 Å². The molecule has 0 saturated carbocycles. The van der Waals surface area contributed by atoms with Crippen LogP contribution in [0.1, 0.15) is 17.4 Å². The quantitative estimate of drug-likeness (QED) is 0.881.